The van der Waals surface area contributed by atoms with Gasteiger partial charge in [0.2, 0.25) is 5.78 Å². The van der Waals surface area contributed by atoms with Gasteiger partial charge in [-0.3, -0.25) is 4.79 Å². The van der Waals surface area contributed by atoms with Gasteiger partial charge < -0.3 is 11.5 Å². The Balaban J connectivity index is 2.14. The second kappa shape index (κ2) is 6.13. The highest BCUT2D eigenvalue weighted by Gasteiger charge is 2.26. The van der Waals surface area contributed by atoms with E-state index < -0.39 is 0 Å². The van der Waals surface area contributed by atoms with Gasteiger partial charge in [0, 0.05) is 18.7 Å². The molecule has 1 aliphatic rings. The Kier molecular flexibility index (Phi) is 4.49. The zero-order chi connectivity index (χ0) is 14.7. The lowest BCUT2D eigenvalue weighted by atomic mass is 10.1. The molecule has 106 valence electrons. The van der Waals surface area contributed by atoms with E-state index in [1.807, 2.05) is 11.3 Å². The molecule has 5 nitrogen and oxygen atoms in total. The van der Waals surface area contributed by atoms with Crippen LogP contribution < -0.4 is 16.9 Å². The van der Waals surface area contributed by atoms with Gasteiger partial charge in [-0.2, -0.15) is 4.41 Å². The minimum absolute atomic E-state index is 0.0258. The lowest BCUT2D eigenvalue weighted by molar-refractivity contribution is 0.104. The van der Waals surface area contributed by atoms with E-state index in [1.165, 1.54) is 11.9 Å². The zero-order valence-electron chi connectivity index (χ0n) is 11.3. The molecule has 0 unspecified atom stereocenters. The van der Waals surface area contributed by atoms with E-state index in [-0.39, 0.29) is 5.78 Å². The second-order valence-corrected chi connectivity index (χ2v) is 5.59. The van der Waals surface area contributed by atoms with Crippen molar-refractivity contribution in [1.29, 1.82) is 0 Å². The third-order valence-corrected chi connectivity index (χ3v) is 4.13. The van der Waals surface area contributed by atoms with Gasteiger partial charge >= 0.3 is 0 Å². The number of allylic oxidation sites excluding steroid dienone is 1. The topological polar surface area (TPSA) is 84.4 Å². The molecule has 0 atom stereocenters. The van der Waals surface area contributed by atoms with E-state index >= 15 is 0 Å². The van der Waals surface area contributed by atoms with Gasteiger partial charge in [-0.15, -0.1) is 6.58 Å². The predicted octanol–water partition coefficient (Wildman–Crippen LogP) is 1.96. The van der Waals surface area contributed by atoms with Crippen molar-refractivity contribution in [3.05, 3.63) is 46.9 Å². The van der Waals surface area contributed by atoms with Gasteiger partial charge in [0.25, 0.3) is 0 Å². The van der Waals surface area contributed by atoms with Crippen molar-refractivity contribution in [3.8, 4) is 0 Å². The van der Waals surface area contributed by atoms with Gasteiger partial charge in [-0.25, -0.2) is 5.43 Å². The van der Waals surface area contributed by atoms with Crippen LogP contribution in [0.4, 0.5) is 11.4 Å². The highest BCUT2D eigenvalue weighted by molar-refractivity contribution is 8.02. The van der Waals surface area contributed by atoms with Crippen molar-refractivity contribution < 1.29 is 4.79 Å². The number of nitrogen functional groups attached to an aromatic ring is 2. The van der Waals surface area contributed by atoms with Crippen LogP contribution in [-0.4, -0.2) is 23.3 Å². The number of carbonyl (C=O) groups excluding carboxylic acids is 1. The van der Waals surface area contributed by atoms with Crippen molar-refractivity contribution in [3.63, 3.8) is 0 Å². The Hall–Kier alpha value is -1.76. The molecular weight excluding hydrogens is 272 g/mol. The van der Waals surface area contributed by atoms with Crippen LogP contribution in [0.2, 0.25) is 0 Å². The molecule has 1 aliphatic heterocycles. The molecule has 0 saturated heterocycles. The number of carbonyl (C=O) groups is 1. The molecule has 6 heteroatoms. The third kappa shape index (κ3) is 3.04. The number of nitrogens with zero attached hydrogens (tertiary/aromatic N) is 1. The van der Waals surface area contributed by atoms with Crippen LogP contribution in [0.3, 0.4) is 0 Å². The number of benzene rings is 1. The van der Waals surface area contributed by atoms with Crippen LogP contribution in [0.1, 0.15) is 17.3 Å². The number of nitrogens with one attached hydrogen (secondary N) is 1. The van der Waals surface area contributed by atoms with E-state index in [1.54, 1.807) is 24.3 Å². The smallest absolute Gasteiger partial charge is 0.200 e. The minimum Gasteiger partial charge on any atom is -0.397 e. The van der Waals surface area contributed by atoms with Crippen LogP contribution in [0.15, 0.2) is 41.3 Å². The molecule has 1 aromatic carbocycles. The molecule has 0 saturated carbocycles. The highest BCUT2D eigenvalue weighted by atomic mass is 32.2. The summed E-state index contributed by atoms with van der Waals surface area (Å²) in [5.74, 6) is -0.0258. The first-order valence-electron chi connectivity index (χ1n) is 6.22. The molecule has 0 aromatic heterocycles. The summed E-state index contributed by atoms with van der Waals surface area (Å²) < 4.78 is 1.92. The van der Waals surface area contributed by atoms with Gasteiger partial charge in [0.15, 0.2) is 0 Å². The largest absolute Gasteiger partial charge is 0.397 e. The van der Waals surface area contributed by atoms with Crippen LogP contribution in [0.25, 0.3) is 0 Å². The van der Waals surface area contributed by atoms with E-state index in [4.69, 9.17) is 11.5 Å². The lowest BCUT2D eigenvalue weighted by Gasteiger charge is -2.14. The van der Waals surface area contributed by atoms with E-state index in [2.05, 4.69) is 12.0 Å². The first-order valence-corrected chi connectivity index (χ1v) is 6.99. The molecule has 2 rings (SSSR count). The Morgan fingerprint density at radius 2 is 2.25 bits per heavy atom. The monoisotopic (exact) mass is 290 g/mol. The SMILES string of the molecule is C=CCNN1CC(C)=C(C(=O)c2ccc(N)c(N)c2)S1. The number of Topliss-reactive ketones (excluding diaryl/α,β-unsaturated/α-hetero) is 1. The average Bonchev–Trinajstić information content (AvgIpc) is 2.80. The maximum Gasteiger partial charge on any atom is 0.200 e. The predicted molar refractivity (Wildman–Crippen MR) is 84.8 cm³/mol. The molecule has 1 aromatic rings. The molecule has 0 radical (unpaired) electrons. The summed E-state index contributed by atoms with van der Waals surface area (Å²) in [5, 5.41) is 0. The highest BCUT2D eigenvalue weighted by Crippen LogP contribution is 2.34. The average molecular weight is 290 g/mol. The normalized spacial score (nSPS) is 15.7. The van der Waals surface area contributed by atoms with Crippen molar-refractivity contribution in [2.24, 2.45) is 0 Å². The van der Waals surface area contributed by atoms with Crippen molar-refractivity contribution in [1.82, 2.24) is 9.84 Å². The van der Waals surface area contributed by atoms with Crippen LogP contribution in [0.5, 0.6) is 0 Å². The fraction of sp³-hybridized carbons (Fsp3) is 0.214. The number of anilines is 2. The van der Waals surface area contributed by atoms with Crippen molar-refractivity contribution >= 4 is 29.1 Å². The second-order valence-electron chi connectivity index (χ2n) is 4.56. The van der Waals surface area contributed by atoms with Gasteiger partial charge in [-0.1, -0.05) is 6.08 Å². The van der Waals surface area contributed by atoms with Gasteiger partial charge in [0.05, 0.1) is 16.3 Å². The maximum atomic E-state index is 12.5. The quantitative estimate of drug-likeness (QED) is 0.333. The Morgan fingerprint density at radius 1 is 1.50 bits per heavy atom. The number of hydrazine groups is 1. The molecule has 0 fully saturated rings. The summed E-state index contributed by atoms with van der Waals surface area (Å²) in [6.45, 7) is 6.97. The number of nitrogens with two attached hydrogens (primary N) is 2. The maximum absolute atomic E-state index is 12.5. The first-order chi connectivity index (χ1) is 9.52. The van der Waals surface area contributed by atoms with Crippen LogP contribution in [-0.2, 0) is 0 Å². The van der Waals surface area contributed by atoms with Gasteiger partial charge in [0.1, 0.15) is 0 Å². The Bertz CT molecular complexity index is 583. The summed E-state index contributed by atoms with van der Waals surface area (Å²) in [4.78, 5) is 13.2. The molecule has 0 amide bonds. The summed E-state index contributed by atoms with van der Waals surface area (Å²) in [7, 11) is 0. The molecule has 0 spiro atoms. The molecule has 20 heavy (non-hydrogen) atoms. The summed E-state index contributed by atoms with van der Waals surface area (Å²) in [6.07, 6.45) is 1.77. The first kappa shape index (κ1) is 14.6. The summed E-state index contributed by atoms with van der Waals surface area (Å²) in [6, 6.07) is 4.98. The number of hydrogen-bond acceptors (Lipinski definition) is 6. The zero-order valence-corrected chi connectivity index (χ0v) is 12.2. The van der Waals surface area contributed by atoms with E-state index in [9.17, 15) is 4.79 Å². The standard InChI is InChI=1S/C14H18N4OS/c1-3-6-17-18-8-9(2)14(20-18)13(19)10-4-5-11(15)12(16)7-10/h3-5,7,17H,1,6,8,15-16H2,2H3. The molecule has 5 N–H and O–H groups in total. The minimum atomic E-state index is -0.0258. The summed E-state index contributed by atoms with van der Waals surface area (Å²) >= 11 is 1.40. The molecule has 1 heterocycles. The van der Waals surface area contributed by atoms with Crippen molar-refractivity contribution in [2.75, 3.05) is 24.6 Å². The number of ketones is 1. The number of hydrogen-bond donors (Lipinski definition) is 3. The van der Waals surface area contributed by atoms with Crippen molar-refractivity contribution in [2.45, 2.75) is 6.92 Å². The van der Waals surface area contributed by atoms with E-state index in [0.29, 0.717) is 30.0 Å². The van der Waals surface area contributed by atoms with E-state index in [0.717, 1.165) is 10.5 Å². The fourth-order valence-electron chi connectivity index (χ4n) is 1.84. The fourth-order valence-corrected chi connectivity index (χ4v) is 2.88. The Labute approximate surface area is 122 Å². The molecule has 0 aliphatic carbocycles. The van der Waals surface area contributed by atoms with Gasteiger partial charge in [-0.05, 0) is 42.6 Å². The third-order valence-electron chi connectivity index (χ3n) is 2.94. The summed E-state index contributed by atoms with van der Waals surface area (Å²) in [5.41, 5.74) is 17.1. The van der Waals surface area contributed by atoms with Crippen LogP contribution in [0, 0.1) is 0 Å². The number of rotatable bonds is 5. The Morgan fingerprint density at radius 3 is 2.90 bits per heavy atom. The molecular formula is C14H18N4OS. The molecule has 0 bridgehead atoms. The lowest BCUT2D eigenvalue weighted by Crippen LogP contribution is -2.30. The van der Waals surface area contributed by atoms with Crippen LogP contribution >= 0.6 is 11.9 Å².